The van der Waals surface area contributed by atoms with Crippen molar-refractivity contribution in [3.05, 3.63) is 40.0 Å². The molecule has 112 valence electrons. The van der Waals surface area contributed by atoms with Gasteiger partial charge in [0.25, 0.3) is 5.91 Å². The summed E-state index contributed by atoms with van der Waals surface area (Å²) in [4.78, 5) is 16.8. The Balaban J connectivity index is 2.16. The van der Waals surface area contributed by atoms with Gasteiger partial charge in [0.05, 0.1) is 11.1 Å². The maximum absolute atomic E-state index is 12.4. The van der Waals surface area contributed by atoms with Crippen molar-refractivity contribution in [2.24, 2.45) is 0 Å². The van der Waals surface area contributed by atoms with Crippen LogP contribution in [-0.4, -0.2) is 30.5 Å². The van der Waals surface area contributed by atoms with Crippen molar-refractivity contribution < 1.29 is 4.79 Å². The summed E-state index contributed by atoms with van der Waals surface area (Å²) in [6, 6.07) is 7.63. The zero-order valence-corrected chi connectivity index (χ0v) is 14.0. The van der Waals surface area contributed by atoms with Gasteiger partial charge in [-0.15, -0.1) is 0 Å². The molecule has 5 heteroatoms. The number of nitrogens with zero attached hydrogens (tertiary/aromatic N) is 1. The first-order valence-corrected chi connectivity index (χ1v) is 7.97. The number of halogens is 1. The lowest BCUT2D eigenvalue weighted by atomic mass is 10.1. The average molecular weight is 350 g/mol. The second-order valence-electron chi connectivity index (χ2n) is 4.98. The highest BCUT2D eigenvalue weighted by Crippen LogP contribution is 2.22. The molecular weight excluding hydrogens is 330 g/mol. The summed E-state index contributed by atoms with van der Waals surface area (Å²) in [7, 11) is 0. The van der Waals surface area contributed by atoms with Crippen LogP contribution in [-0.2, 0) is 0 Å². The van der Waals surface area contributed by atoms with Gasteiger partial charge < -0.3 is 10.6 Å². The molecule has 0 radical (unpaired) electrons. The molecule has 0 atom stereocenters. The van der Waals surface area contributed by atoms with Crippen molar-refractivity contribution in [3.8, 4) is 0 Å². The third-order valence-corrected chi connectivity index (χ3v) is 3.65. The molecule has 0 aliphatic carbocycles. The number of aromatic nitrogens is 1. The predicted octanol–water partition coefficient (Wildman–Crippen LogP) is 3.04. The van der Waals surface area contributed by atoms with Gasteiger partial charge in [-0.3, -0.25) is 9.78 Å². The number of carbonyl (C=O) groups excluding carboxylic acids is 1. The second kappa shape index (κ2) is 7.52. The summed E-state index contributed by atoms with van der Waals surface area (Å²) in [6.45, 7) is 6.40. The Hall–Kier alpha value is -1.46. The molecule has 21 heavy (non-hydrogen) atoms. The molecule has 0 saturated carbocycles. The standard InChI is InChI=1S/C16H20BrN3O/c1-3-6-18-7-8-19-16(21)14-9-11(2)20-15-5-4-12(17)10-13(14)15/h4-5,9-10,18H,3,6-8H2,1-2H3,(H,19,21). The number of fused-ring (bicyclic) bond motifs is 1. The van der Waals surface area contributed by atoms with Crippen LogP contribution in [0.5, 0.6) is 0 Å². The number of amides is 1. The van der Waals surface area contributed by atoms with Gasteiger partial charge in [-0.05, 0) is 44.2 Å². The summed E-state index contributed by atoms with van der Waals surface area (Å²) in [5.74, 6) is -0.0538. The summed E-state index contributed by atoms with van der Waals surface area (Å²) in [6.07, 6.45) is 1.09. The van der Waals surface area contributed by atoms with Crippen LogP contribution in [0.15, 0.2) is 28.7 Å². The van der Waals surface area contributed by atoms with E-state index in [9.17, 15) is 4.79 Å². The highest BCUT2D eigenvalue weighted by Gasteiger charge is 2.11. The molecule has 0 bridgehead atoms. The molecule has 0 saturated heterocycles. The van der Waals surface area contributed by atoms with Gasteiger partial charge in [-0.1, -0.05) is 22.9 Å². The first kappa shape index (κ1) is 15.9. The lowest BCUT2D eigenvalue weighted by Crippen LogP contribution is -2.32. The van der Waals surface area contributed by atoms with Crippen LogP contribution in [0.3, 0.4) is 0 Å². The number of benzene rings is 1. The van der Waals surface area contributed by atoms with Crippen molar-refractivity contribution in [1.29, 1.82) is 0 Å². The monoisotopic (exact) mass is 349 g/mol. The van der Waals surface area contributed by atoms with Crippen LogP contribution >= 0.6 is 15.9 Å². The van der Waals surface area contributed by atoms with E-state index in [2.05, 4.69) is 38.5 Å². The Kier molecular flexibility index (Phi) is 5.70. The Morgan fingerprint density at radius 3 is 2.81 bits per heavy atom. The fourth-order valence-corrected chi connectivity index (χ4v) is 2.54. The first-order chi connectivity index (χ1) is 10.1. The Bertz CT molecular complexity index is 643. The van der Waals surface area contributed by atoms with Gasteiger partial charge in [-0.2, -0.15) is 0 Å². The summed E-state index contributed by atoms with van der Waals surface area (Å²) < 4.78 is 0.944. The minimum atomic E-state index is -0.0538. The summed E-state index contributed by atoms with van der Waals surface area (Å²) >= 11 is 3.45. The molecule has 1 aromatic heterocycles. The molecular formula is C16H20BrN3O. The Labute approximate surface area is 133 Å². The third kappa shape index (κ3) is 4.25. The molecule has 2 rings (SSSR count). The van der Waals surface area contributed by atoms with Crippen molar-refractivity contribution >= 4 is 32.7 Å². The molecule has 1 heterocycles. The van der Waals surface area contributed by atoms with Gasteiger partial charge in [0.1, 0.15) is 0 Å². The van der Waals surface area contributed by atoms with E-state index in [4.69, 9.17) is 0 Å². The van der Waals surface area contributed by atoms with Crippen LogP contribution in [0.4, 0.5) is 0 Å². The molecule has 2 aromatic rings. The Morgan fingerprint density at radius 1 is 1.24 bits per heavy atom. The van der Waals surface area contributed by atoms with Crippen LogP contribution in [0.1, 0.15) is 29.4 Å². The van der Waals surface area contributed by atoms with E-state index in [0.717, 1.165) is 40.6 Å². The van der Waals surface area contributed by atoms with Crippen LogP contribution in [0, 0.1) is 6.92 Å². The number of rotatable bonds is 6. The maximum Gasteiger partial charge on any atom is 0.252 e. The number of hydrogen-bond acceptors (Lipinski definition) is 3. The van der Waals surface area contributed by atoms with Crippen molar-refractivity contribution in [1.82, 2.24) is 15.6 Å². The number of hydrogen-bond donors (Lipinski definition) is 2. The van der Waals surface area contributed by atoms with E-state index in [1.54, 1.807) is 0 Å². The van der Waals surface area contributed by atoms with Crippen molar-refractivity contribution in [3.63, 3.8) is 0 Å². The Morgan fingerprint density at radius 2 is 2.05 bits per heavy atom. The largest absolute Gasteiger partial charge is 0.351 e. The molecule has 0 aliphatic rings. The zero-order valence-electron chi connectivity index (χ0n) is 12.4. The topological polar surface area (TPSA) is 54.0 Å². The third-order valence-electron chi connectivity index (χ3n) is 3.16. The second-order valence-corrected chi connectivity index (χ2v) is 5.89. The molecule has 2 N–H and O–H groups in total. The SMILES string of the molecule is CCCNCCNC(=O)c1cc(C)nc2ccc(Br)cc12. The fourth-order valence-electron chi connectivity index (χ4n) is 2.18. The van der Waals surface area contributed by atoms with E-state index in [0.29, 0.717) is 12.1 Å². The van der Waals surface area contributed by atoms with Gasteiger partial charge >= 0.3 is 0 Å². The molecule has 1 amide bonds. The maximum atomic E-state index is 12.4. The van der Waals surface area contributed by atoms with Crippen LogP contribution in [0.25, 0.3) is 10.9 Å². The lowest BCUT2D eigenvalue weighted by molar-refractivity contribution is 0.0955. The fraction of sp³-hybridized carbons (Fsp3) is 0.375. The van der Waals surface area contributed by atoms with Crippen molar-refractivity contribution in [2.75, 3.05) is 19.6 Å². The average Bonchev–Trinajstić information content (AvgIpc) is 2.46. The lowest BCUT2D eigenvalue weighted by Gasteiger charge is -2.10. The summed E-state index contributed by atoms with van der Waals surface area (Å²) in [5, 5.41) is 7.09. The smallest absolute Gasteiger partial charge is 0.252 e. The van der Waals surface area contributed by atoms with Crippen LogP contribution in [0.2, 0.25) is 0 Å². The van der Waals surface area contributed by atoms with Gasteiger partial charge in [0.15, 0.2) is 0 Å². The summed E-state index contributed by atoms with van der Waals surface area (Å²) in [5.41, 5.74) is 2.36. The molecule has 4 nitrogen and oxygen atoms in total. The number of pyridine rings is 1. The predicted molar refractivity (Wildman–Crippen MR) is 89.7 cm³/mol. The zero-order chi connectivity index (χ0) is 15.2. The van der Waals surface area contributed by atoms with Gasteiger partial charge in [0, 0.05) is 28.6 Å². The molecule has 0 fully saturated rings. The van der Waals surface area contributed by atoms with E-state index >= 15 is 0 Å². The van der Waals surface area contributed by atoms with E-state index in [-0.39, 0.29) is 5.91 Å². The normalized spacial score (nSPS) is 10.8. The highest BCUT2D eigenvalue weighted by atomic mass is 79.9. The molecule has 0 aliphatic heterocycles. The minimum absolute atomic E-state index is 0.0538. The molecule has 1 aromatic carbocycles. The van der Waals surface area contributed by atoms with Gasteiger partial charge in [-0.25, -0.2) is 0 Å². The van der Waals surface area contributed by atoms with Crippen molar-refractivity contribution in [2.45, 2.75) is 20.3 Å². The quantitative estimate of drug-likeness (QED) is 0.788. The number of nitrogens with one attached hydrogen (secondary N) is 2. The van der Waals surface area contributed by atoms with Crippen LogP contribution < -0.4 is 10.6 Å². The van der Waals surface area contributed by atoms with Gasteiger partial charge in [0.2, 0.25) is 0 Å². The van der Waals surface area contributed by atoms with E-state index < -0.39 is 0 Å². The van der Waals surface area contributed by atoms with E-state index in [1.807, 2.05) is 31.2 Å². The van der Waals surface area contributed by atoms with E-state index in [1.165, 1.54) is 0 Å². The molecule has 0 spiro atoms. The first-order valence-electron chi connectivity index (χ1n) is 7.17. The number of aryl methyl sites for hydroxylation is 1. The minimum Gasteiger partial charge on any atom is -0.351 e. The highest BCUT2D eigenvalue weighted by molar-refractivity contribution is 9.10. The molecule has 0 unspecified atom stereocenters. The number of carbonyl (C=O) groups is 1.